The summed E-state index contributed by atoms with van der Waals surface area (Å²) in [6.07, 6.45) is 0. The van der Waals surface area contributed by atoms with Gasteiger partial charge in [-0.15, -0.1) is 0 Å². The summed E-state index contributed by atoms with van der Waals surface area (Å²) < 4.78 is 4.43. The van der Waals surface area contributed by atoms with Crippen LogP contribution in [0.15, 0.2) is 30.3 Å². The van der Waals surface area contributed by atoms with Crippen LogP contribution in [0.5, 0.6) is 0 Å². The molecule has 0 atom stereocenters. The van der Waals surface area contributed by atoms with Gasteiger partial charge in [0.2, 0.25) is 5.91 Å². The number of amides is 1. The third-order valence-corrected chi connectivity index (χ3v) is 4.01. The maximum absolute atomic E-state index is 12.1. The number of rotatable bonds is 6. The minimum absolute atomic E-state index is 0.0141. The van der Waals surface area contributed by atoms with Crippen molar-refractivity contribution in [1.29, 1.82) is 0 Å². The van der Waals surface area contributed by atoms with Crippen LogP contribution in [-0.4, -0.2) is 44.3 Å². The first-order chi connectivity index (χ1) is 11.7. The van der Waals surface area contributed by atoms with Crippen LogP contribution >= 0.6 is 12.2 Å². The number of aromatic nitrogens is 3. The average Bonchev–Trinajstić information content (AvgIpc) is 2.82. The molecule has 2 rings (SSSR count). The Balaban J connectivity index is 2.16. The Kier molecular flexibility index (Phi) is 6.13. The van der Waals surface area contributed by atoms with Crippen LogP contribution in [-0.2, 0) is 18.0 Å². The zero-order chi connectivity index (χ0) is 18.6. The van der Waals surface area contributed by atoms with Crippen LogP contribution in [0.1, 0.15) is 27.7 Å². The molecule has 0 bridgehead atoms. The van der Waals surface area contributed by atoms with Crippen molar-refractivity contribution >= 4 is 18.1 Å². The van der Waals surface area contributed by atoms with Crippen molar-refractivity contribution in [1.82, 2.24) is 24.6 Å². The molecule has 1 amide bonds. The van der Waals surface area contributed by atoms with Gasteiger partial charge in [0.15, 0.2) is 10.6 Å². The molecule has 0 unspecified atom stereocenters. The standard InChI is InChI=1S/C18H27N5OS/c1-6-22-16(14-10-8-7-9-11-14)20-23(17(22)25)13-21(5)12-15(24)19-18(2,3)4/h7-11H,6,12-13H2,1-5H3,(H,19,24). The predicted molar refractivity (Wildman–Crippen MR) is 103 cm³/mol. The van der Waals surface area contributed by atoms with Gasteiger partial charge < -0.3 is 9.88 Å². The summed E-state index contributed by atoms with van der Waals surface area (Å²) in [5, 5.41) is 7.64. The second-order valence-corrected chi connectivity index (χ2v) is 7.53. The largest absolute Gasteiger partial charge is 0.350 e. The fourth-order valence-corrected chi connectivity index (χ4v) is 2.91. The van der Waals surface area contributed by atoms with Gasteiger partial charge in [-0.05, 0) is 47.0 Å². The van der Waals surface area contributed by atoms with Gasteiger partial charge in [-0.25, -0.2) is 4.68 Å². The summed E-state index contributed by atoms with van der Waals surface area (Å²) in [5.41, 5.74) is 0.792. The Morgan fingerprint density at radius 1 is 1.28 bits per heavy atom. The molecule has 0 radical (unpaired) electrons. The highest BCUT2D eigenvalue weighted by atomic mass is 32.1. The minimum atomic E-state index is -0.238. The van der Waals surface area contributed by atoms with Gasteiger partial charge in [0.1, 0.15) is 0 Å². The number of nitrogens with zero attached hydrogens (tertiary/aromatic N) is 4. The first kappa shape index (κ1) is 19.3. The Morgan fingerprint density at radius 2 is 1.92 bits per heavy atom. The fourth-order valence-electron chi connectivity index (χ4n) is 2.60. The van der Waals surface area contributed by atoms with E-state index in [1.807, 2.05) is 67.6 Å². The molecular formula is C18H27N5OS. The van der Waals surface area contributed by atoms with Crippen LogP contribution in [0.4, 0.5) is 0 Å². The monoisotopic (exact) mass is 361 g/mol. The number of hydrogen-bond donors (Lipinski definition) is 1. The molecule has 1 N–H and O–H groups in total. The van der Waals surface area contributed by atoms with Crippen molar-refractivity contribution in [3.63, 3.8) is 0 Å². The molecule has 0 saturated carbocycles. The van der Waals surface area contributed by atoms with E-state index < -0.39 is 0 Å². The number of likely N-dealkylation sites (N-methyl/N-ethyl adjacent to an activating group) is 1. The molecule has 7 heteroatoms. The molecule has 136 valence electrons. The number of benzene rings is 1. The summed E-state index contributed by atoms with van der Waals surface area (Å²) in [6.45, 7) is 9.45. The fraction of sp³-hybridized carbons (Fsp3) is 0.500. The zero-order valence-electron chi connectivity index (χ0n) is 15.6. The molecule has 25 heavy (non-hydrogen) atoms. The van der Waals surface area contributed by atoms with E-state index in [9.17, 15) is 4.79 Å². The highest BCUT2D eigenvalue weighted by Crippen LogP contribution is 2.18. The molecule has 1 aromatic heterocycles. The topological polar surface area (TPSA) is 55.1 Å². The molecular weight excluding hydrogens is 334 g/mol. The summed E-state index contributed by atoms with van der Waals surface area (Å²) in [6, 6.07) is 10.00. The van der Waals surface area contributed by atoms with E-state index in [-0.39, 0.29) is 11.4 Å². The van der Waals surface area contributed by atoms with Gasteiger partial charge in [-0.1, -0.05) is 30.3 Å². The van der Waals surface area contributed by atoms with E-state index in [0.717, 1.165) is 17.9 Å². The number of hydrogen-bond acceptors (Lipinski definition) is 4. The molecule has 0 saturated heterocycles. The predicted octanol–water partition coefficient (Wildman–Crippen LogP) is 2.90. The lowest BCUT2D eigenvalue weighted by Crippen LogP contribution is -2.45. The van der Waals surface area contributed by atoms with Gasteiger partial charge >= 0.3 is 0 Å². The minimum Gasteiger partial charge on any atom is -0.350 e. The van der Waals surface area contributed by atoms with Crippen molar-refractivity contribution in [3.05, 3.63) is 35.1 Å². The second-order valence-electron chi connectivity index (χ2n) is 7.17. The third-order valence-electron chi connectivity index (χ3n) is 3.57. The van der Waals surface area contributed by atoms with Crippen molar-refractivity contribution in [2.24, 2.45) is 0 Å². The van der Waals surface area contributed by atoms with Gasteiger partial charge in [-0.3, -0.25) is 9.69 Å². The second kappa shape index (κ2) is 7.93. The van der Waals surface area contributed by atoms with E-state index in [0.29, 0.717) is 18.0 Å². The normalized spacial score (nSPS) is 11.8. The van der Waals surface area contributed by atoms with Crippen LogP contribution in [0.3, 0.4) is 0 Å². The van der Waals surface area contributed by atoms with Crippen molar-refractivity contribution in [2.75, 3.05) is 13.6 Å². The summed E-state index contributed by atoms with van der Waals surface area (Å²) >= 11 is 5.57. The highest BCUT2D eigenvalue weighted by molar-refractivity contribution is 7.71. The summed E-state index contributed by atoms with van der Waals surface area (Å²) in [5.74, 6) is 0.834. The van der Waals surface area contributed by atoms with E-state index in [1.165, 1.54) is 0 Å². The summed E-state index contributed by atoms with van der Waals surface area (Å²) in [4.78, 5) is 14.0. The molecule has 1 heterocycles. The Hall–Kier alpha value is -1.99. The quantitative estimate of drug-likeness (QED) is 0.804. The van der Waals surface area contributed by atoms with E-state index in [4.69, 9.17) is 12.2 Å². The van der Waals surface area contributed by atoms with Crippen LogP contribution in [0.25, 0.3) is 11.4 Å². The SMILES string of the molecule is CCn1c(-c2ccccc2)nn(CN(C)CC(=O)NC(C)(C)C)c1=S. The highest BCUT2D eigenvalue weighted by Gasteiger charge is 2.17. The van der Waals surface area contributed by atoms with E-state index in [2.05, 4.69) is 17.3 Å². The number of nitrogens with one attached hydrogen (secondary N) is 1. The maximum atomic E-state index is 12.1. The smallest absolute Gasteiger partial charge is 0.234 e. The molecule has 0 aliphatic carbocycles. The molecule has 0 fully saturated rings. The van der Waals surface area contributed by atoms with Crippen molar-refractivity contribution < 1.29 is 4.79 Å². The Labute approximate surface area is 154 Å². The lowest BCUT2D eigenvalue weighted by molar-refractivity contribution is -0.123. The lowest BCUT2D eigenvalue weighted by atomic mass is 10.1. The zero-order valence-corrected chi connectivity index (χ0v) is 16.4. The maximum Gasteiger partial charge on any atom is 0.234 e. The molecule has 0 aliphatic heterocycles. The first-order valence-electron chi connectivity index (χ1n) is 8.44. The van der Waals surface area contributed by atoms with Gasteiger partial charge in [0.25, 0.3) is 0 Å². The van der Waals surface area contributed by atoms with Crippen LogP contribution in [0.2, 0.25) is 0 Å². The third kappa shape index (κ3) is 5.24. The van der Waals surface area contributed by atoms with Gasteiger partial charge in [0.05, 0.1) is 13.2 Å². The van der Waals surface area contributed by atoms with Crippen LogP contribution < -0.4 is 5.32 Å². The van der Waals surface area contributed by atoms with Crippen LogP contribution in [0, 0.1) is 4.77 Å². The van der Waals surface area contributed by atoms with Crippen molar-refractivity contribution in [2.45, 2.75) is 46.4 Å². The molecule has 0 spiro atoms. The van der Waals surface area contributed by atoms with Gasteiger partial charge in [-0.2, -0.15) is 5.10 Å². The Morgan fingerprint density at radius 3 is 2.48 bits per heavy atom. The number of carbonyl (C=O) groups excluding carboxylic acids is 1. The lowest BCUT2D eigenvalue weighted by Gasteiger charge is -2.23. The van der Waals surface area contributed by atoms with E-state index in [1.54, 1.807) is 4.68 Å². The average molecular weight is 362 g/mol. The molecule has 1 aromatic carbocycles. The van der Waals surface area contributed by atoms with Crippen molar-refractivity contribution in [3.8, 4) is 11.4 Å². The molecule has 6 nitrogen and oxygen atoms in total. The number of carbonyl (C=O) groups is 1. The Bertz CT molecular complexity index is 773. The van der Waals surface area contributed by atoms with Gasteiger partial charge in [0, 0.05) is 17.6 Å². The first-order valence-corrected chi connectivity index (χ1v) is 8.84. The molecule has 0 aliphatic rings. The van der Waals surface area contributed by atoms with E-state index >= 15 is 0 Å². The summed E-state index contributed by atoms with van der Waals surface area (Å²) in [7, 11) is 1.89. The molecule has 2 aromatic rings.